The van der Waals surface area contributed by atoms with E-state index in [1.165, 1.54) is 61.9 Å². The average Bonchev–Trinajstić information content (AvgIpc) is 0.821. The maximum absolute atomic E-state index is 7.13. The van der Waals surface area contributed by atoms with Crippen LogP contribution in [0.1, 0.15) is 0 Å². The van der Waals surface area contributed by atoms with Crippen LogP contribution in [0.3, 0.4) is 0 Å². The Hall–Kier alpha value is -13.5. The summed E-state index contributed by atoms with van der Waals surface area (Å²) in [7, 11) is 0. The first-order valence-corrected chi connectivity index (χ1v) is 39.5. The summed E-state index contributed by atoms with van der Waals surface area (Å²) in [5, 5.41) is 102. The summed E-state index contributed by atoms with van der Waals surface area (Å²) in [5.74, 6) is 6.79. The van der Waals surface area contributed by atoms with Gasteiger partial charge in [-0.1, -0.05) is 147 Å². The van der Waals surface area contributed by atoms with Crippen molar-refractivity contribution in [2.24, 2.45) is 0 Å². The first-order valence-electron chi connectivity index (χ1n) is 34.6. The molecule has 0 atom stereocenters. The third-order valence-electron chi connectivity index (χ3n) is 13.6. The Morgan fingerprint density at radius 3 is 0.232 bits per heavy atom. The molecule has 138 heavy (non-hydrogen) atoms. The molecule has 0 aliphatic carbocycles. The van der Waals surface area contributed by atoms with Gasteiger partial charge in [-0.25, -0.2) is 59.8 Å². The second kappa shape index (κ2) is 91.2. The van der Waals surface area contributed by atoms with Gasteiger partial charge in [0.15, 0.2) is 69.9 Å². The Morgan fingerprint density at radius 2 is 0.188 bits per heavy atom. The third-order valence-corrected chi connectivity index (χ3v) is 13.6. The van der Waals surface area contributed by atoms with Crippen LogP contribution in [0, 0.1) is 0 Å². The van der Waals surface area contributed by atoms with Crippen molar-refractivity contribution in [2.75, 3.05) is 0 Å². The fourth-order valence-corrected chi connectivity index (χ4v) is 8.99. The number of hydrogen-bond donors (Lipinski definition) is 0. The van der Waals surface area contributed by atoms with Gasteiger partial charge in [0.05, 0.1) is 0 Å². The molecule has 0 spiro atoms. The van der Waals surface area contributed by atoms with E-state index in [2.05, 4.69) is 266 Å². The molecule has 0 aliphatic heterocycles. The molecule has 0 fully saturated rings. The van der Waals surface area contributed by atoms with Gasteiger partial charge in [-0.05, 0) is 146 Å². The SMILES string of the molecule is [Co+2].[Co+2].[Co+2].[Co+2].[Co+2].[Co+2].[N-]=C=S.[N-]=C=S.[N-]=C=S.[N-]=C=S.[N-]=C=S.[N-]=C=S.[N-]=C=S.[N-]=C=S.[N-]=C=S.[N-]=C=S.[N-]=C=S.[N-]=C=S.c1cncc(-c2nc(-c3cccnc3)nc(-c3cccnc3)n2)c1.c1cncc(-c2nc(-c3cccnc3)nc(-c3cccnc3)n2)c1.c1cncc(-c2nc(-c3cccnc3)nc(-c3cccnc3)n2)c1.c1cncc(-c2nc(-c3cccnc3)nc(-c3cccnc3)n2)c1. The maximum Gasteiger partial charge on any atom is 2.00 e. The van der Waals surface area contributed by atoms with Crippen molar-refractivity contribution >= 4 is 209 Å². The minimum Gasteiger partial charge on any atom is -0.753 e. The van der Waals surface area contributed by atoms with Gasteiger partial charge in [-0.15, -0.1) is 0 Å². The monoisotopic (exact) mass is 2300 g/mol. The first kappa shape index (κ1) is 135. The number of hydrogen-bond acceptors (Lipinski definition) is 36. The van der Waals surface area contributed by atoms with Crippen LogP contribution in [-0.4, -0.2) is 182 Å². The van der Waals surface area contributed by atoms with Crippen molar-refractivity contribution in [1.82, 2.24) is 120 Å². The van der Waals surface area contributed by atoms with E-state index in [9.17, 15) is 0 Å². The summed E-state index contributed by atoms with van der Waals surface area (Å²) in [6.45, 7) is 0. The number of isothiocyanates is 12. The Bertz CT molecular complexity index is 5030. The molecule has 690 valence electrons. The Morgan fingerprint density at radius 1 is 0.130 bits per heavy atom. The van der Waals surface area contributed by atoms with E-state index < -0.39 is 0 Å². The number of pyridine rings is 12. The summed E-state index contributed by atoms with van der Waals surface area (Å²) in [6, 6.07) is 45.3. The Balaban J connectivity index is -0.000000371. The second-order valence-corrected chi connectivity index (χ2v) is 23.4. The number of nitrogens with zero attached hydrogens (tertiary/aromatic N) is 36. The number of rotatable bonds is 12. The molecule has 0 amide bonds. The van der Waals surface area contributed by atoms with Gasteiger partial charge in [0.2, 0.25) is 0 Å². The van der Waals surface area contributed by atoms with Crippen LogP contribution < -0.4 is 0 Å². The molecule has 0 aliphatic rings. The summed E-state index contributed by atoms with van der Waals surface area (Å²) in [4.78, 5) is 105. The van der Waals surface area contributed by atoms with Gasteiger partial charge in [-0.3, -0.25) is 59.8 Å². The Labute approximate surface area is 914 Å². The number of thiocarbonyl (C=S) groups is 12. The van der Waals surface area contributed by atoms with Crippen LogP contribution in [0.15, 0.2) is 294 Å². The molecular weight excluding hydrogens is 2250 g/mol. The van der Waals surface area contributed by atoms with Crippen LogP contribution in [0.4, 0.5) is 0 Å². The van der Waals surface area contributed by atoms with Gasteiger partial charge in [0, 0.05) is 215 Å². The summed E-state index contributed by atoms with van der Waals surface area (Å²) >= 11 is 44.4. The maximum atomic E-state index is 7.13. The molecule has 16 rings (SSSR count). The molecule has 16 heterocycles. The van der Waals surface area contributed by atoms with E-state index in [1.54, 1.807) is 149 Å². The smallest absolute Gasteiger partial charge is 0.753 e. The van der Waals surface area contributed by atoms with Crippen molar-refractivity contribution in [3.8, 4) is 137 Å². The normalized spacial score (nSPS) is 8.00. The topological polar surface area (TPSA) is 577 Å². The van der Waals surface area contributed by atoms with Crippen LogP contribution in [0.2, 0.25) is 0 Å². The van der Waals surface area contributed by atoms with E-state index in [1.807, 2.05) is 146 Å². The van der Waals surface area contributed by atoms with Crippen molar-refractivity contribution in [2.45, 2.75) is 0 Å². The van der Waals surface area contributed by atoms with Crippen LogP contribution in [0.25, 0.3) is 202 Å². The zero-order valence-corrected chi connectivity index (χ0v) is 84.8. The van der Waals surface area contributed by atoms with Gasteiger partial charge >= 0.3 is 101 Å². The summed E-state index contributed by atoms with van der Waals surface area (Å²) in [6.07, 6.45) is 41.4. The van der Waals surface area contributed by atoms with Crippen molar-refractivity contribution < 1.29 is 101 Å². The molecule has 0 unspecified atom stereocenters. The molecule has 0 N–H and O–H groups in total. The van der Waals surface area contributed by atoms with Crippen LogP contribution >= 0.6 is 147 Å². The zero-order chi connectivity index (χ0) is 97.3. The molecule has 0 aromatic carbocycles. The quantitative estimate of drug-likeness (QED) is 0.0809. The van der Waals surface area contributed by atoms with Gasteiger partial charge in [0.25, 0.3) is 0 Å². The predicted octanol–water partition coefficient (Wildman–Crippen LogP) is 20.1. The van der Waals surface area contributed by atoms with Gasteiger partial charge < -0.3 is 64.9 Å². The van der Waals surface area contributed by atoms with Crippen LogP contribution in [0.5, 0.6) is 0 Å². The minimum absolute atomic E-state index is 0. The van der Waals surface area contributed by atoms with E-state index in [0.29, 0.717) is 69.9 Å². The van der Waals surface area contributed by atoms with Crippen molar-refractivity contribution in [1.29, 1.82) is 0 Å². The minimum atomic E-state index is 0. The fraction of sp³-hybridized carbons (Fsp3) is 0. The van der Waals surface area contributed by atoms with Crippen molar-refractivity contribution in [3.63, 3.8) is 0 Å². The Kier molecular flexibility index (Phi) is 89.4. The van der Waals surface area contributed by atoms with E-state index in [-0.39, 0.29) is 101 Å². The van der Waals surface area contributed by atoms with E-state index >= 15 is 0 Å². The third kappa shape index (κ3) is 56.7. The second-order valence-electron chi connectivity index (χ2n) is 21.2. The molecule has 6 radical (unpaired) electrons. The average molecular weight is 2300 g/mol. The molecule has 16 aromatic rings. The molecule has 0 saturated heterocycles. The first-order chi connectivity index (χ1) is 64.6. The standard InChI is InChI=1S/4C18H12N6.12CNS.6Co/c4*1-4-13(10-19-7-1)16-22-17(14-5-2-8-20-11-14)24-18(23-16)15-6-3-9-21-12-15;12*2-1-3;;;;;;/h4*1-12H;;;;;;;;;;;;;;;;;;/q;;;;12*-1;6*+2. The predicted molar refractivity (Wildman–Crippen MR) is 550 cm³/mol. The van der Waals surface area contributed by atoms with Crippen molar-refractivity contribution in [3.05, 3.63) is 359 Å². The molecule has 0 bridgehead atoms. The zero-order valence-electron chi connectivity index (χ0n) is 68.7. The van der Waals surface area contributed by atoms with E-state index in [4.69, 9.17) is 64.9 Å². The van der Waals surface area contributed by atoms with Crippen LogP contribution in [-0.2, 0) is 101 Å². The van der Waals surface area contributed by atoms with Gasteiger partial charge in [0.1, 0.15) is 0 Å². The molecule has 16 aromatic heterocycles. The molecule has 54 heteroatoms. The fourth-order valence-electron chi connectivity index (χ4n) is 8.99. The largest absolute Gasteiger partial charge is 2.00 e. The molecule has 0 saturated carbocycles. The summed E-state index contributed by atoms with van der Waals surface area (Å²) in [5.41, 5.74) is 9.95. The van der Waals surface area contributed by atoms with Gasteiger partial charge in [-0.2, -0.15) is 61.9 Å². The number of aromatic nitrogens is 24. The summed E-state index contributed by atoms with van der Waals surface area (Å²) < 4.78 is 0. The van der Waals surface area contributed by atoms with E-state index in [0.717, 1.165) is 66.8 Å². The molecule has 36 nitrogen and oxygen atoms in total. The molecular formula is C84H48Co6N36S12.